The summed E-state index contributed by atoms with van der Waals surface area (Å²) in [6.07, 6.45) is 5.04. The Kier molecular flexibility index (Phi) is 3.78. The maximum atomic E-state index is 5.61. The molecule has 1 unspecified atom stereocenters. The second kappa shape index (κ2) is 5.10. The third-order valence-electron chi connectivity index (χ3n) is 3.28. The summed E-state index contributed by atoms with van der Waals surface area (Å²) in [5.74, 6) is 6.38. The predicted molar refractivity (Wildman–Crippen MR) is 66.3 cm³/mol. The Hall–Kier alpha value is -0.380. The van der Waals surface area contributed by atoms with Crippen molar-refractivity contribution in [2.45, 2.75) is 31.7 Å². The Morgan fingerprint density at radius 1 is 1.47 bits per heavy atom. The van der Waals surface area contributed by atoms with Gasteiger partial charge in [-0.25, -0.2) is 0 Å². The summed E-state index contributed by atoms with van der Waals surface area (Å²) < 4.78 is 1.14. The molecule has 0 saturated heterocycles. The first kappa shape index (κ1) is 11.1. The lowest BCUT2D eigenvalue weighted by atomic mass is 9.78. The van der Waals surface area contributed by atoms with E-state index in [0.717, 1.165) is 16.8 Å². The number of nitrogens with two attached hydrogens (primary N) is 1. The molecule has 1 saturated carbocycles. The summed E-state index contributed by atoms with van der Waals surface area (Å²) in [4.78, 5) is 0. The fourth-order valence-electron chi connectivity index (χ4n) is 2.12. The fraction of sp³-hybridized carbons (Fsp3) is 0.500. The van der Waals surface area contributed by atoms with Gasteiger partial charge < -0.3 is 0 Å². The molecule has 0 heterocycles. The summed E-state index contributed by atoms with van der Waals surface area (Å²) in [6.45, 7) is 0. The first-order valence-electron chi connectivity index (χ1n) is 5.50. The van der Waals surface area contributed by atoms with Crippen molar-refractivity contribution >= 4 is 15.9 Å². The van der Waals surface area contributed by atoms with Crippen LogP contribution in [0.5, 0.6) is 0 Å². The first-order chi connectivity index (χ1) is 7.29. The van der Waals surface area contributed by atoms with Gasteiger partial charge in [0.15, 0.2) is 0 Å². The number of nitrogens with one attached hydrogen (secondary N) is 1. The average molecular weight is 269 g/mol. The lowest BCUT2D eigenvalue weighted by molar-refractivity contribution is 0.228. The van der Waals surface area contributed by atoms with Crippen molar-refractivity contribution in [3.8, 4) is 0 Å². The van der Waals surface area contributed by atoms with Crippen LogP contribution in [0.3, 0.4) is 0 Å². The van der Waals surface area contributed by atoms with Gasteiger partial charge in [-0.2, -0.15) is 0 Å². The van der Waals surface area contributed by atoms with Crippen LogP contribution >= 0.6 is 15.9 Å². The van der Waals surface area contributed by atoms with Gasteiger partial charge in [0.25, 0.3) is 0 Å². The number of hydrogen-bond donors (Lipinski definition) is 2. The average Bonchev–Trinajstić information content (AvgIpc) is 2.14. The van der Waals surface area contributed by atoms with E-state index in [0.29, 0.717) is 6.04 Å². The number of hydrazine groups is 1. The highest BCUT2D eigenvalue weighted by Crippen LogP contribution is 2.30. The zero-order chi connectivity index (χ0) is 10.7. The van der Waals surface area contributed by atoms with Gasteiger partial charge in [0, 0.05) is 10.5 Å². The number of rotatable bonds is 4. The minimum absolute atomic E-state index is 0.438. The number of benzene rings is 1. The zero-order valence-electron chi connectivity index (χ0n) is 8.75. The van der Waals surface area contributed by atoms with E-state index in [9.17, 15) is 0 Å². The van der Waals surface area contributed by atoms with Gasteiger partial charge >= 0.3 is 0 Å². The molecule has 15 heavy (non-hydrogen) atoms. The van der Waals surface area contributed by atoms with E-state index in [2.05, 4.69) is 45.6 Å². The van der Waals surface area contributed by atoms with Crippen LogP contribution < -0.4 is 11.3 Å². The van der Waals surface area contributed by atoms with Crippen molar-refractivity contribution in [1.82, 2.24) is 5.43 Å². The van der Waals surface area contributed by atoms with Crippen LogP contribution in [0.1, 0.15) is 24.8 Å². The highest BCUT2D eigenvalue weighted by molar-refractivity contribution is 9.10. The Labute approximate surface area is 99.3 Å². The lowest BCUT2D eigenvalue weighted by Crippen LogP contribution is -2.44. The van der Waals surface area contributed by atoms with E-state index in [4.69, 9.17) is 5.84 Å². The highest BCUT2D eigenvalue weighted by atomic mass is 79.9. The number of halogens is 1. The minimum atomic E-state index is 0.438. The minimum Gasteiger partial charge on any atom is -0.271 e. The van der Waals surface area contributed by atoms with Crippen LogP contribution in [0.2, 0.25) is 0 Å². The molecule has 3 N–H and O–H groups in total. The quantitative estimate of drug-likeness (QED) is 0.651. The number of hydrogen-bond acceptors (Lipinski definition) is 2. The first-order valence-corrected chi connectivity index (χ1v) is 6.29. The molecular weight excluding hydrogens is 252 g/mol. The summed E-state index contributed by atoms with van der Waals surface area (Å²) in [5.41, 5.74) is 4.30. The molecule has 1 aromatic rings. The molecule has 3 heteroatoms. The molecule has 1 fully saturated rings. The van der Waals surface area contributed by atoms with Gasteiger partial charge in [-0.05, 0) is 42.9 Å². The Balaban J connectivity index is 1.99. The molecule has 1 atom stereocenters. The summed E-state index contributed by atoms with van der Waals surface area (Å²) >= 11 is 3.49. The van der Waals surface area contributed by atoms with Crippen LogP contribution in [0.4, 0.5) is 0 Å². The van der Waals surface area contributed by atoms with Crippen LogP contribution in [-0.2, 0) is 6.42 Å². The van der Waals surface area contributed by atoms with Gasteiger partial charge in [0.05, 0.1) is 0 Å². The van der Waals surface area contributed by atoms with Crippen LogP contribution in [0.25, 0.3) is 0 Å². The van der Waals surface area contributed by atoms with E-state index < -0.39 is 0 Å². The molecule has 2 nitrogen and oxygen atoms in total. The van der Waals surface area contributed by atoms with Crippen molar-refractivity contribution in [2.24, 2.45) is 11.8 Å². The summed E-state index contributed by atoms with van der Waals surface area (Å²) in [7, 11) is 0. The van der Waals surface area contributed by atoms with Gasteiger partial charge in [-0.3, -0.25) is 11.3 Å². The molecule has 1 aliphatic carbocycles. The molecule has 1 aliphatic rings. The summed E-state index contributed by atoms with van der Waals surface area (Å²) in [5, 5.41) is 0. The normalized spacial score (nSPS) is 18.5. The Bertz CT molecular complexity index is 323. The zero-order valence-corrected chi connectivity index (χ0v) is 10.3. The van der Waals surface area contributed by atoms with Crippen LogP contribution in [-0.4, -0.2) is 6.04 Å². The Morgan fingerprint density at radius 3 is 2.80 bits per heavy atom. The molecule has 0 spiro atoms. The smallest absolute Gasteiger partial charge is 0.0279 e. The molecule has 0 amide bonds. The predicted octanol–water partition coefficient (Wildman–Crippen LogP) is 2.62. The third kappa shape index (κ3) is 2.80. The van der Waals surface area contributed by atoms with Crippen molar-refractivity contribution in [3.63, 3.8) is 0 Å². The molecular formula is C12H17BrN2. The molecule has 82 valence electrons. The van der Waals surface area contributed by atoms with Crippen molar-refractivity contribution in [3.05, 3.63) is 34.3 Å². The van der Waals surface area contributed by atoms with Gasteiger partial charge in [-0.15, -0.1) is 0 Å². The van der Waals surface area contributed by atoms with Gasteiger partial charge in [0.1, 0.15) is 0 Å². The third-order valence-corrected chi connectivity index (χ3v) is 3.77. The molecule has 1 aromatic carbocycles. The van der Waals surface area contributed by atoms with E-state index in [1.54, 1.807) is 0 Å². The lowest BCUT2D eigenvalue weighted by Gasteiger charge is -2.33. The van der Waals surface area contributed by atoms with Crippen LogP contribution in [0, 0.1) is 5.92 Å². The molecule has 0 aliphatic heterocycles. The monoisotopic (exact) mass is 268 g/mol. The molecule has 0 aromatic heterocycles. The standard InChI is InChI=1S/C12H17BrN2/c13-11-6-1-3-9(7-11)8-12(15-14)10-4-2-5-10/h1,3,6-7,10,12,15H,2,4-5,8,14H2. The Morgan fingerprint density at radius 2 is 2.27 bits per heavy atom. The van der Waals surface area contributed by atoms with Crippen LogP contribution in [0.15, 0.2) is 28.7 Å². The second-order valence-corrected chi connectivity index (χ2v) is 5.21. The molecule has 2 rings (SSSR count). The second-order valence-electron chi connectivity index (χ2n) is 4.30. The van der Waals surface area contributed by atoms with Crippen molar-refractivity contribution < 1.29 is 0 Å². The largest absolute Gasteiger partial charge is 0.271 e. The van der Waals surface area contributed by atoms with Crippen molar-refractivity contribution in [2.75, 3.05) is 0 Å². The fourth-order valence-corrected chi connectivity index (χ4v) is 2.57. The molecule has 0 bridgehead atoms. The van der Waals surface area contributed by atoms with E-state index in [1.807, 2.05) is 0 Å². The SMILES string of the molecule is NNC(Cc1cccc(Br)c1)C1CCC1. The topological polar surface area (TPSA) is 38.0 Å². The highest BCUT2D eigenvalue weighted by Gasteiger charge is 2.26. The van der Waals surface area contributed by atoms with E-state index >= 15 is 0 Å². The van der Waals surface area contributed by atoms with Gasteiger partial charge in [-0.1, -0.05) is 34.5 Å². The molecule has 0 radical (unpaired) electrons. The summed E-state index contributed by atoms with van der Waals surface area (Å²) in [6, 6.07) is 8.90. The maximum Gasteiger partial charge on any atom is 0.0279 e. The van der Waals surface area contributed by atoms with E-state index in [-0.39, 0.29) is 0 Å². The van der Waals surface area contributed by atoms with E-state index in [1.165, 1.54) is 24.8 Å². The van der Waals surface area contributed by atoms with Crippen molar-refractivity contribution in [1.29, 1.82) is 0 Å². The maximum absolute atomic E-state index is 5.61. The van der Waals surface area contributed by atoms with Gasteiger partial charge in [0.2, 0.25) is 0 Å².